The third kappa shape index (κ3) is 3.88. The number of rotatable bonds is 7. The molecule has 0 atom stereocenters. The van der Waals surface area contributed by atoms with Crippen LogP contribution in [0, 0.1) is 0 Å². The Bertz CT molecular complexity index is 929. The molecule has 0 radical (unpaired) electrons. The quantitative estimate of drug-likeness (QED) is 0.647. The lowest BCUT2D eigenvalue weighted by molar-refractivity contribution is -0.121. The van der Waals surface area contributed by atoms with Gasteiger partial charge in [0.15, 0.2) is 0 Å². The van der Waals surface area contributed by atoms with Gasteiger partial charge in [0, 0.05) is 11.9 Å². The van der Waals surface area contributed by atoms with E-state index in [4.69, 9.17) is 9.47 Å². The van der Waals surface area contributed by atoms with Crippen molar-refractivity contribution >= 4 is 33.4 Å². The summed E-state index contributed by atoms with van der Waals surface area (Å²) in [5.41, 5.74) is 1.34. The number of carbonyl (C=O) groups is 2. The maximum absolute atomic E-state index is 12.4. The van der Waals surface area contributed by atoms with Gasteiger partial charge < -0.3 is 19.4 Å². The Hall–Kier alpha value is -2.80. The summed E-state index contributed by atoms with van der Waals surface area (Å²) >= 11 is 1.49. The summed E-state index contributed by atoms with van der Waals surface area (Å²) in [6, 6.07) is 11.2. The summed E-state index contributed by atoms with van der Waals surface area (Å²) in [7, 11) is 1.60. The molecule has 0 bridgehead atoms. The molecule has 3 aromatic rings. The molecule has 0 spiro atoms. The van der Waals surface area contributed by atoms with Gasteiger partial charge >= 0.3 is 5.97 Å². The zero-order chi connectivity index (χ0) is 18.5. The minimum absolute atomic E-state index is 0.0577. The largest absolute Gasteiger partial charge is 0.497 e. The second-order valence-electron chi connectivity index (χ2n) is 5.65. The molecule has 1 amide bonds. The van der Waals surface area contributed by atoms with Crippen molar-refractivity contribution < 1.29 is 19.1 Å². The third-order valence-corrected chi connectivity index (χ3v) is 4.86. The van der Waals surface area contributed by atoms with E-state index in [-0.39, 0.29) is 12.5 Å². The van der Waals surface area contributed by atoms with E-state index in [2.05, 4.69) is 5.32 Å². The van der Waals surface area contributed by atoms with E-state index in [1.807, 2.05) is 35.7 Å². The van der Waals surface area contributed by atoms with Gasteiger partial charge in [-0.25, -0.2) is 4.79 Å². The number of aromatic nitrogens is 1. The van der Waals surface area contributed by atoms with Gasteiger partial charge in [0.1, 0.15) is 22.8 Å². The molecule has 6 nitrogen and oxygen atoms in total. The van der Waals surface area contributed by atoms with Gasteiger partial charge in [-0.3, -0.25) is 4.79 Å². The van der Waals surface area contributed by atoms with Gasteiger partial charge in [-0.2, -0.15) is 0 Å². The van der Waals surface area contributed by atoms with Crippen LogP contribution in [0.1, 0.15) is 23.0 Å². The highest BCUT2D eigenvalue weighted by Crippen LogP contribution is 2.26. The van der Waals surface area contributed by atoms with Gasteiger partial charge in [-0.05, 0) is 42.1 Å². The Balaban J connectivity index is 1.73. The molecule has 3 rings (SSSR count). The van der Waals surface area contributed by atoms with Gasteiger partial charge in [0.05, 0.1) is 13.7 Å². The molecule has 0 fully saturated rings. The van der Waals surface area contributed by atoms with Gasteiger partial charge in [0.2, 0.25) is 5.91 Å². The molecule has 26 heavy (non-hydrogen) atoms. The monoisotopic (exact) mass is 372 g/mol. The van der Waals surface area contributed by atoms with Crippen molar-refractivity contribution in [1.82, 2.24) is 9.88 Å². The van der Waals surface area contributed by atoms with Crippen LogP contribution in [-0.2, 0) is 22.6 Å². The second kappa shape index (κ2) is 8.05. The van der Waals surface area contributed by atoms with Crippen LogP contribution in [0.15, 0.2) is 41.8 Å². The summed E-state index contributed by atoms with van der Waals surface area (Å²) in [5, 5.41) is 5.74. The number of benzene rings is 1. The number of carbonyl (C=O) groups excluding carboxylic acids is 2. The van der Waals surface area contributed by atoms with Gasteiger partial charge in [-0.1, -0.05) is 12.1 Å². The SMILES string of the molecule is CCOC(=O)c1cc2ccsc2n1CC(=O)NCc1cccc(OC)c1. The number of hydrogen-bond donors (Lipinski definition) is 1. The first-order valence-corrected chi connectivity index (χ1v) is 9.13. The van der Waals surface area contributed by atoms with Crippen LogP contribution in [-0.4, -0.2) is 30.2 Å². The maximum atomic E-state index is 12.4. The van der Waals surface area contributed by atoms with Crippen molar-refractivity contribution in [1.29, 1.82) is 0 Å². The van der Waals surface area contributed by atoms with Crippen LogP contribution < -0.4 is 10.1 Å². The fourth-order valence-electron chi connectivity index (χ4n) is 2.69. The molecule has 0 saturated carbocycles. The van der Waals surface area contributed by atoms with Crippen LogP contribution in [0.5, 0.6) is 5.75 Å². The highest BCUT2D eigenvalue weighted by Gasteiger charge is 2.19. The second-order valence-corrected chi connectivity index (χ2v) is 6.54. The standard InChI is InChI=1S/C19H20N2O4S/c1-3-25-19(23)16-10-14-7-8-26-18(14)21(16)12-17(22)20-11-13-5-4-6-15(9-13)24-2/h4-10H,3,11-12H2,1-2H3,(H,20,22). The van der Waals surface area contributed by atoms with E-state index in [9.17, 15) is 9.59 Å². The van der Waals surface area contributed by atoms with Crippen LogP contribution in [0.2, 0.25) is 0 Å². The minimum atomic E-state index is -0.420. The van der Waals surface area contributed by atoms with Crippen molar-refractivity contribution in [3.63, 3.8) is 0 Å². The normalized spacial score (nSPS) is 10.7. The van der Waals surface area contributed by atoms with E-state index in [0.717, 1.165) is 21.5 Å². The van der Waals surface area contributed by atoms with Crippen LogP contribution in [0.4, 0.5) is 0 Å². The van der Waals surface area contributed by atoms with Crippen molar-refractivity contribution in [3.05, 3.63) is 53.0 Å². The maximum Gasteiger partial charge on any atom is 0.355 e. The van der Waals surface area contributed by atoms with Gasteiger partial charge in [-0.15, -0.1) is 11.3 Å². The van der Waals surface area contributed by atoms with Crippen LogP contribution >= 0.6 is 11.3 Å². The fourth-order valence-corrected chi connectivity index (χ4v) is 3.59. The molecule has 0 aliphatic carbocycles. The molecular weight excluding hydrogens is 352 g/mol. The summed E-state index contributed by atoms with van der Waals surface area (Å²) < 4.78 is 12.0. The average molecular weight is 372 g/mol. The molecule has 7 heteroatoms. The molecule has 0 unspecified atom stereocenters. The molecule has 1 aromatic carbocycles. The Kier molecular flexibility index (Phi) is 5.58. The Morgan fingerprint density at radius 3 is 2.85 bits per heavy atom. The number of hydrogen-bond acceptors (Lipinski definition) is 5. The third-order valence-electron chi connectivity index (χ3n) is 3.91. The smallest absolute Gasteiger partial charge is 0.355 e. The lowest BCUT2D eigenvalue weighted by atomic mass is 10.2. The van der Waals surface area contributed by atoms with Gasteiger partial charge in [0.25, 0.3) is 0 Å². The van der Waals surface area contributed by atoms with Crippen LogP contribution in [0.3, 0.4) is 0 Å². The Labute approximate surface area is 155 Å². The molecular formula is C19H20N2O4S. The first-order chi connectivity index (χ1) is 12.6. The first kappa shape index (κ1) is 18.0. The van der Waals surface area contributed by atoms with E-state index >= 15 is 0 Å². The molecule has 2 aromatic heterocycles. The van der Waals surface area contributed by atoms with Crippen molar-refractivity contribution in [2.24, 2.45) is 0 Å². The number of nitrogens with zero attached hydrogens (tertiary/aromatic N) is 1. The number of fused-ring (bicyclic) bond motifs is 1. The predicted octanol–water partition coefficient (Wildman–Crippen LogP) is 3.20. The number of nitrogens with one attached hydrogen (secondary N) is 1. The lowest BCUT2D eigenvalue weighted by Crippen LogP contribution is -2.28. The van der Waals surface area contributed by atoms with Crippen LogP contribution in [0.25, 0.3) is 10.2 Å². The van der Waals surface area contributed by atoms with Crippen molar-refractivity contribution in [2.45, 2.75) is 20.0 Å². The van der Waals surface area contributed by atoms with E-state index < -0.39 is 5.97 Å². The summed E-state index contributed by atoms with van der Waals surface area (Å²) in [5.74, 6) is 0.146. The molecule has 2 heterocycles. The fraction of sp³-hybridized carbons (Fsp3) is 0.263. The number of amides is 1. The highest BCUT2D eigenvalue weighted by atomic mass is 32.1. The first-order valence-electron chi connectivity index (χ1n) is 8.26. The Morgan fingerprint density at radius 1 is 1.23 bits per heavy atom. The zero-order valence-corrected chi connectivity index (χ0v) is 15.5. The molecule has 136 valence electrons. The summed E-state index contributed by atoms with van der Waals surface area (Å²) in [4.78, 5) is 25.5. The average Bonchev–Trinajstić information content (AvgIpc) is 3.23. The molecule has 0 aliphatic rings. The predicted molar refractivity (Wildman–Crippen MR) is 101 cm³/mol. The molecule has 0 saturated heterocycles. The molecule has 0 aliphatic heterocycles. The number of thiophene rings is 1. The highest BCUT2D eigenvalue weighted by molar-refractivity contribution is 7.16. The van der Waals surface area contributed by atoms with Crippen molar-refractivity contribution in [3.8, 4) is 5.75 Å². The lowest BCUT2D eigenvalue weighted by Gasteiger charge is -2.10. The topological polar surface area (TPSA) is 69.6 Å². The van der Waals surface area contributed by atoms with E-state index in [1.54, 1.807) is 24.7 Å². The Morgan fingerprint density at radius 2 is 2.08 bits per heavy atom. The number of esters is 1. The minimum Gasteiger partial charge on any atom is -0.497 e. The number of ether oxygens (including phenoxy) is 2. The van der Waals surface area contributed by atoms with Crippen molar-refractivity contribution in [2.75, 3.05) is 13.7 Å². The van der Waals surface area contributed by atoms with E-state index in [0.29, 0.717) is 18.8 Å². The molecule has 1 N–H and O–H groups in total. The number of methoxy groups -OCH3 is 1. The zero-order valence-electron chi connectivity index (χ0n) is 14.7. The summed E-state index contributed by atoms with van der Waals surface area (Å²) in [6.45, 7) is 2.50. The summed E-state index contributed by atoms with van der Waals surface area (Å²) in [6.07, 6.45) is 0. The van der Waals surface area contributed by atoms with E-state index in [1.165, 1.54) is 11.3 Å².